The third-order valence-corrected chi connectivity index (χ3v) is 4.33. The van der Waals surface area contributed by atoms with E-state index in [0.717, 1.165) is 27.8 Å². The zero-order chi connectivity index (χ0) is 15.1. The first-order chi connectivity index (χ1) is 10.0. The van der Waals surface area contributed by atoms with Crippen LogP contribution in [0.1, 0.15) is 17.0 Å². The molecule has 0 radical (unpaired) electrons. The fraction of sp³-hybridized carbons (Fsp3) is 0.188. The Balaban J connectivity index is 2.36. The van der Waals surface area contributed by atoms with E-state index in [1.54, 1.807) is 6.07 Å². The molecule has 0 N–H and O–H groups in total. The first-order valence-electron chi connectivity index (χ1n) is 6.51. The first-order valence-corrected chi connectivity index (χ1v) is 7.84. The van der Waals surface area contributed by atoms with E-state index in [1.165, 1.54) is 6.07 Å². The number of aromatic nitrogens is 2. The van der Waals surface area contributed by atoms with Gasteiger partial charge in [0.05, 0.1) is 27.1 Å². The lowest BCUT2D eigenvalue weighted by Crippen LogP contribution is -2.02. The second kappa shape index (κ2) is 5.43. The summed E-state index contributed by atoms with van der Waals surface area (Å²) in [7, 11) is 0. The summed E-state index contributed by atoms with van der Waals surface area (Å²) in [6, 6.07) is 9.29. The molecule has 3 aromatic rings. The maximum Gasteiger partial charge on any atom is 0.139 e. The number of hydrogen-bond acceptors (Lipinski definition) is 1. The van der Waals surface area contributed by atoms with E-state index in [0.29, 0.717) is 10.3 Å². The van der Waals surface area contributed by atoms with Crippen molar-refractivity contribution in [1.29, 1.82) is 0 Å². The van der Waals surface area contributed by atoms with Crippen LogP contribution in [0.15, 0.2) is 34.8 Å². The van der Waals surface area contributed by atoms with E-state index >= 15 is 0 Å². The van der Waals surface area contributed by atoms with Crippen LogP contribution in [0.25, 0.3) is 16.7 Å². The molecule has 0 saturated heterocycles. The predicted molar refractivity (Wildman–Crippen MR) is 87.8 cm³/mol. The summed E-state index contributed by atoms with van der Waals surface area (Å²) in [5, 5.41) is 0. The van der Waals surface area contributed by atoms with Gasteiger partial charge in [-0.3, -0.25) is 4.57 Å². The Morgan fingerprint density at radius 2 is 2.00 bits per heavy atom. The molecule has 0 spiro atoms. The highest BCUT2D eigenvalue weighted by Crippen LogP contribution is 2.28. The van der Waals surface area contributed by atoms with Gasteiger partial charge in [0.1, 0.15) is 11.6 Å². The molecule has 0 bridgehead atoms. The minimum absolute atomic E-state index is 0.269. The van der Waals surface area contributed by atoms with Crippen molar-refractivity contribution in [2.75, 3.05) is 0 Å². The van der Waals surface area contributed by atoms with Crippen LogP contribution >= 0.6 is 27.5 Å². The topological polar surface area (TPSA) is 17.8 Å². The van der Waals surface area contributed by atoms with Gasteiger partial charge in [0.2, 0.25) is 0 Å². The highest BCUT2D eigenvalue weighted by molar-refractivity contribution is 9.10. The number of alkyl halides is 1. The van der Waals surface area contributed by atoms with Crippen LogP contribution < -0.4 is 0 Å². The Hall–Kier alpha value is -1.39. The fourth-order valence-corrected chi connectivity index (χ4v) is 3.11. The van der Waals surface area contributed by atoms with E-state index in [2.05, 4.69) is 20.9 Å². The minimum Gasteiger partial charge on any atom is -0.295 e. The highest BCUT2D eigenvalue weighted by atomic mass is 79.9. The monoisotopic (exact) mass is 366 g/mol. The van der Waals surface area contributed by atoms with Crippen molar-refractivity contribution in [2.24, 2.45) is 0 Å². The maximum absolute atomic E-state index is 13.9. The molecule has 0 aliphatic rings. The van der Waals surface area contributed by atoms with Crippen molar-refractivity contribution < 1.29 is 4.39 Å². The third kappa shape index (κ3) is 2.47. The summed E-state index contributed by atoms with van der Waals surface area (Å²) < 4.78 is 16.3. The summed E-state index contributed by atoms with van der Waals surface area (Å²) in [6.07, 6.45) is 0. The smallest absolute Gasteiger partial charge is 0.139 e. The quantitative estimate of drug-likeness (QED) is 0.563. The Bertz CT molecular complexity index is 842. The zero-order valence-corrected chi connectivity index (χ0v) is 14.0. The van der Waals surface area contributed by atoms with Crippen molar-refractivity contribution in [3.05, 3.63) is 57.6 Å². The van der Waals surface area contributed by atoms with E-state index in [1.807, 2.05) is 36.6 Å². The van der Waals surface area contributed by atoms with E-state index in [9.17, 15) is 4.39 Å². The van der Waals surface area contributed by atoms with Crippen LogP contribution in [0.5, 0.6) is 0 Å². The number of hydrogen-bond donors (Lipinski definition) is 0. The van der Waals surface area contributed by atoms with Crippen LogP contribution in [0.2, 0.25) is 0 Å². The second-order valence-corrected chi connectivity index (χ2v) is 6.16. The predicted octanol–water partition coefficient (Wildman–Crippen LogP) is 5.28. The molecule has 0 amide bonds. The fourth-order valence-electron chi connectivity index (χ4n) is 2.48. The number of imidazole rings is 1. The van der Waals surface area contributed by atoms with Crippen molar-refractivity contribution in [3.8, 4) is 5.69 Å². The average Bonchev–Trinajstić information content (AvgIpc) is 2.80. The second-order valence-electron chi connectivity index (χ2n) is 5.04. The maximum atomic E-state index is 13.9. The first kappa shape index (κ1) is 14.5. The molecular formula is C16H13BrClFN2. The van der Waals surface area contributed by atoms with Gasteiger partial charge in [0, 0.05) is 0 Å². The van der Waals surface area contributed by atoms with Crippen LogP contribution in [0.4, 0.5) is 4.39 Å². The molecule has 0 fully saturated rings. The van der Waals surface area contributed by atoms with Gasteiger partial charge < -0.3 is 0 Å². The van der Waals surface area contributed by atoms with Gasteiger partial charge in [0.25, 0.3) is 0 Å². The number of nitrogens with zero attached hydrogens (tertiary/aromatic N) is 2. The van der Waals surface area contributed by atoms with Crippen LogP contribution in [-0.4, -0.2) is 9.55 Å². The summed E-state index contributed by atoms with van der Waals surface area (Å²) in [4.78, 5) is 4.56. The molecule has 0 aliphatic carbocycles. The van der Waals surface area contributed by atoms with Crippen molar-refractivity contribution >= 4 is 38.6 Å². The summed E-state index contributed by atoms with van der Waals surface area (Å²) in [5.74, 6) is 0.678. The molecule has 0 saturated carbocycles. The molecular weight excluding hydrogens is 355 g/mol. The van der Waals surface area contributed by atoms with Crippen molar-refractivity contribution in [2.45, 2.75) is 19.7 Å². The lowest BCUT2D eigenvalue weighted by Gasteiger charge is -2.12. The average molecular weight is 368 g/mol. The van der Waals surface area contributed by atoms with Crippen molar-refractivity contribution in [3.63, 3.8) is 0 Å². The molecule has 5 heteroatoms. The lowest BCUT2D eigenvalue weighted by molar-refractivity contribution is 0.619. The van der Waals surface area contributed by atoms with Gasteiger partial charge in [-0.05, 0) is 65.2 Å². The number of benzene rings is 2. The Morgan fingerprint density at radius 1 is 1.24 bits per heavy atom. The lowest BCUT2D eigenvalue weighted by atomic mass is 10.1. The van der Waals surface area contributed by atoms with Gasteiger partial charge in [-0.2, -0.15) is 0 Å². The summed E-state index contributed by atoms with van der Waals surface area (Å²) in [5.41, 5.74) is 4.65. The molecule has 1 aromatic heterocycles. The Labute approximate surface area is 135 Å². The van der Waals surface area contributed by atoms with Gasteiger partial charge in [-0.15, -0.1) is 11.6 Å². The molecule has 108 valence electrons. The number of rotatable bonds is 2. The van der Waals surface area contributed by atoms with E-state index in [-0.39, 0.29) is 11.7 Å². The third-order valence-electron chi connectivity index (χ3n) is 3.48. The SMILES string of the molecule is Cc1ccc2c(c1)nc(CCl)n2-c1cc(F)c(Br)cc1C. The van der Waals surface area contributed by atoms with Crippen LogP contribution in [-0.2, 0) is 5.88 Å². The van der Waals surface area contributed by atoms with E-state index < -0.39 is 0 Å². The molecule has 0 aliphatic heterocycles. The molecule has 2 nitrogen and oxygen atoms in total. The molecule has 21 heavy (non-hydrogen) atoms. The molecule has 2 aromatic carbocycles. The molecule has 0 unspecified atom stereocenters. The largest absolute Gasteiger partial charge is 0.295 e. The number of fused-ring (bicyclic) bond motifs is 1. The van der Waals surface area contributed by atoms with Gasteiger partial charge in [0.15, 0.2) is 0 Å². The summed E-state index contributed by atoms with van der Waals surface area (Å²) >= 11 is 9.24. The normalized spacial score (nSPS) is 11.3. The van der Waals surface area contributed by atoms with Crippen LogP contribution in [0, 0.1) is 19.7 Å². The van der Waals surface area contributed by atoms with Gasteiger partial charge in [-0.25, -0.2) is 9.37 Å². The Kier molecular flexibility index (Phi) is 3.76. The molecule has 1 heterocycles. The number of halogens is 3. The van der Waals surface area contributed by atoms with E-state index in [4.69, 9.17) is 11.6 Å². The Morgan fingerprint density at radius 3 is 2.71 bits per heavy atom. The van der Waals surface area contributed by atoms with Gasteiger partial charge in [-0.1, -0.05) is 6.07 Å². The highest BCUT2D eigenvalue weighted by Gasteiger charge is 2.15. The van der Waals surface area contributed by atoms with Crippen LogP contribution in [0.3, 0.4) is 0 Å². The van der Waals surface area contributed by atoms with Crippen molar-refractivity contribution in [1.82, 2.24) is 9.55 Å². The zero-order valence-electron chi connectivity index (χ0n) is 11.6. The molecule has 0 atom stereocenters. The summed E-state index contributed by atoms with van der Waals surface area (Å²) in [6.45, 7) is 3.96. The number of aryl methyl sites for hydroxylation is 2. The van der Waals surface area contributed by atoms with Gasteiger partial charge >= 0.3 is 0 Å². The molecule has 3 rings (SSSR count). The minimum atomic E-state index is -0.301. The standard InChI is InChI=1S/C16H13BrClFN2/c1-9-3-4-14-13(5-9)20-16(8-18)21(14)15-7-12(19)11(17)6-10(15)2/h3-7H,8H2,1-2H3.